The van der Waals surface area contributed by atoms with E-state index in [1.807, 2.05) is 18.7 Å². The molecule has 0 aliphatic carbocycles. The molecule has 5 nitrogen and oxygen atoms in total. The zero-order chi connectivity index (χ0) is 24.5. The maximum absolute atomic E-state index is 13.9. The van der Waals surface area contributed by atoms with Crippen LogP contribution in [0.25, 0.3) is 0 Å². The molecule has 2 heterocycles. The first-order valence-electron chi connectivity index (χ1n) is 12.3. The molecule has 3 aromatic carbocycles. The van der Waals surface area contributed by atoms with Crippen LogP contribution >= 0.6 is 0 Å². The first kappa shape index (κ1) is 23.5. The van der Waals surface area contributed by atoms with Crippen LogP contribution in [0.15, 0.2) is 70.5 Å². The third-order valence-electron chi connectivity index (χ3n) is 6.99. The second-order valence-electron chi connectivity index (χ2n) is 9.48. The highest BCUT2D eigenvalue weighted by molar-refractivity contribution is 7.85. The topological polar surface area (TPSA) is 57.7 Å². The Labute approximate surface area is 209 Å². The number of fused-ring (bicyclic) bond motifs is 2. The molecular weight excluding hydrogens is 456 g/mol. The molecule has 0 saturated carbocycles. The first-order valence-corrected chi connectivity index (χ1v) is 13.4. The maximum atomic E-state index is 13.9. The Morgan fingerprint density at radius 2 is 1.63 bits per heavy atom. The summed E-state index contributed by atoms with van der Waals surface area (Å²) in [5, 5.41) is 0. The van der Waals surface area contributed by atoms with E-state index in [2.05, 4.69) is 18.2 Å². The average Bonchev–Trinajstić information content (AvgIpc) is 3.20. The van der Waals surface area contributed by atoms with Crippen LogP contribution < -0.4 is 4.90 Å². The summed E-state index contributed by atoms with van der Waals surface area (Å²) >= 11 is 0. The molecule has 6 heteroatoms. The van der Waals surface area contributed by atoms with Crippen molar-refractivity contribution in [3.05, 3.63) is 88.5 Å². The molecule has 0 radical (unpaired) electrons. The van der Waals surface area contributed by atoms with Crippen molar-refractivity contribution in [2.45, 2.75) is 55.9 Å². The Morgan fingerprint density at radius 3 is 2.40 bits per heavy atom. The molecule has 35 heavy (non-hydrogen) atoms. The van der Waals surface area contributed by atoms with E-state index in [1.54, 1.807) is 47.4 Å². The van der Waals surface area contributed by atoms with Gasteiger partial charge in [-0.05, 0) is 68.1 Å². The Hall–Kier alpha value is -3.25. The summed E-state index contributed by atoms with van der Waals surface area (Å²) in [4.78, 5) is 32.0. The fourth-order valence-electron chi connectivity index (χ4n) is 4.95. The number of carbonyl (C=O) groups is 2. The predicted molar refractivity (Wildman–Crippen MR) is 138 cm³/mol. The van der Waals surface area contributed by atoms with Gasteiger partial charge in [-0.15, -0.1) is 0 Å². The van der Waals surface area contributed by atoms with Crippen molar-refractivity contribution in [2.24, 2.45) is 0 Å². The third kappa shape index (κ3) is 4.55. The highest BCUT2D eigenvalue weighted by Crippen LogP contribution is 2.36. The maximum Gasteiger partial charge on any atom is 0.259 e. The van der Waals surface area contributed by atoms with E-state index in [0.717, 1.165) is 55.5 Å². The van der Waals surface area contributed by atoms with Gasteiger partial charge in [-0.1, -0.05) is 48.7 Å². The van der Waals surface area contributed by atoms with Gasteiger partial charge in [0, 0.05) is 18.7 Å². The van der Waals surface area contributed by atoms with E-state index in [-0.39, 0.29) is 11.8 Å². The number of nitrogens with zero attached hydrogens (tertiary/aromatic N) is 2. The van der Waals surface area contributed by atoms with E-state index in [1.165, 1.54) is 0 Å². The summed E-state index contributed by atoms with van der Waals surface area (Å²) in [6.07, 6.45) is 4.30. The van der Waals surface area contributed by atoms with Crippen LogP contribution in [0.3, 0.4) is 0 Å². The molecule has 3 aromatic rings. The van der Waals surface area contributed by atoms with Gasteiger partial charge in [-0.2, -0.15) is 0 Å². The Balaban J connectivity index is 1.63. The Bertz CT molecular complexity index is 1330. The third-order valence-corrected chi connectivity index (χ3v) is 8.49. The van der Waals surface area contributed by atoms with Crippen LogP contribution in [0.1, 0.15) is 63.1 Å². The zero-order valence-electron chi connectivity index (χ0n) is 20.3. The fourth-order valence-corrected chi connectivity index (χ4v) is 6.30. The largest absolute Gasteiger partial charge is 0.339 e. The molecule has 0 unspecified atom stereocenters. The quantitative estimate of drug-likeness (QED) is 0.481. The number of likely N-dealkylation sites (tertiary alicyclic amines) is 1. The smallest absolute Gasteiger partial charge is 0.259 e. The molecule has 0 N–H and O–H groups in total. The zero-order valence-corrected chi connectivity index (χ0v) is 21.1. The monoisotopic (exact) mass is 486 g/mol. The lowest BCUT2D eigenvalue weighted by Crippen LogP contribution is -2.33. The number of hydrogen-bond acceptors (Lipinski definition) is 3. The predicted octanol–water partition coefficient (Wildman–Crippen LogP) is 5.65. The van der Waals surface area contributed by atoms with Crippen LogP contribution in [0.4, 0.5) is 5.69 Å². The molecule has 1 atom stereocenters. The van der Waals surface area contributed by atoms with Crippen molar-refractivity contribution in [1.82, 2.24) is 4.90 Å². The summed E-state index contributed by atoms with van der Waals surface area (Å²) in [5.41, 5.74) is 4.74. The molecule has 1 saturated heterocycles. The normalized spacial score (nSPS) is 17.9. The molecule has 5 rings (SSSR count). The van der Waals surface area contributed by atoms with Crippen molar-refractivity contribution in [2.75, 3.05) is 18.0 Å². The van der Waals surface area contributed by atoms with Crippen LogP contribution in [-0.2, 0) is 17.3 Å². The molecule has 0 bridgehead atoms. The second-order valence-corrected chi connectivity index (χ2v) is 10.9. The minimum atomic E-state index is -1.53. The minimum Gasteiger partial charge on any atom is -0.339 e. The van der Waals surface area contributed by atoms with Gasteiger partial charge in [-0.25, -0.2) is 4.21 Å². The molecule has 0 spiro atoms. The van der Waals surface area contributed by atoms with Crippen LogP contribution in [0, 0.1) is 13.8 Å². The Kier molecular flexibility index (Phi) is 6.56. The molecule has 2 aliphatic heterocycles. The average molecular weight is 487 g/mol. The van der Waals surface area contributed by atoms with Gasteiger partial charge in [0.25, 0.3) is 11.8 Å². The number of rotatable bonds is 3. The molecule has 1 fully saturated rings. The standard InChI is InChI=1S/C29H30N2O3S/c1-20-11-12-21(2)23(17-20)19-31-25-18-22(28(32)30-15-7-3-4-8-16-30)13-14-27(25)35(34)26-10-6-5-9-24(26)29(31)33/h5-6,9-14,17-18H,3-4,7-8,15-16,19H2,1-2H3/t35-/m0/s1. The number of aryl methyl sites for hydroxylation is 2. The number of benzene rings is 3. The van der Waals surface area contributed by atoms with Crippen molar-refractivity contribution in [3.63, 3.8) is 0 Å². The first-order chi connectivity index (χ1) is 16.9. The second kappa shape index (κ2) is 9.78. The Morgan fingerprint density at radius 1 is 0.886 bits per heavy atom. The fraction of sp³-hybridized carbons (Fsp3) is 0.310. The van der Waals surface area contributed by atoms with E-state index in [9.17, 15) is 13.8 Å². The van der Waals surface area contributed by atoms with Gasteiger partial charge >= 0.3 is 0 Å². The minimum absolute atomic E-state index is 0.0265. The molecule has 180 valence electrons. The summed E-state index contributed by atoms with van der Waals surface area (Å²) in [6, 6.07) is 18.6. The lowest BCUT2D eigenvalue weighted by Gasteiger charge is -2.26. The van der Waals surface area contributed by atoms with Crippen molar-refractivity contribution in [1.29, 1.82) is 0 Å². The number of hydrogen-bond donors (Lipinski definition) is 0. The number of anilines is 1. The van der Waals surface area contributed by atoms with Crippen LogP contribution in [0.5, 0.6) is 0 Å². The van der Waals surface area contributed by atoms with Gasteiger partial charge in [0.2, 0.25) is 0 Å². The van der Waals surface area contributed by atoms with Crippen molar-refractivity contribution >= 4 is 28.3 Å². The molecular formula is C29H30N2O3S. The van der Waals surface area contributed by atoms with Gasteiger partial charge in [0.05, 0.1) is 38.4 Å². The van der Waals surface area contributed by atoms with Crippen molar-refractivity contribution in [3.8, 4) is 0 Å². The van der Waals surface area contributed by atoms with Gasteiger partial charge < -0.3 is 9.80 Å². The summed E-state index contributed by atoms with van der Waals surface area (Å²) in [6.45, 7) is 5.90. The van der Waals surface area contributed by atoms with Gasteiger partial charge in [0.15, 0.2) is 0 Å². The SMILES string of the molecule is Cc1ccc(C)c(CN2C(=O)c3ccccc3[S@](=O)c3ccc(C(=O)N4CCCCCC4)cc32)c1. The highest BCUT2D eigenvalue weighted by Gasteiger charge is 2.32. The molecule has 2 amide bonds. The summed E-state index contributed by atoms with van der Waals surface area (Å²) in [5.74, 6) is -0.227. The number of amides is 2. The molecule has 0 aromatic heterocycles. The van der Waals surface area contributed by atoms with Crippen LogP contribution in [-0.4, -0.2) is 34.0 Å². The molecule has 2 aliphatic rings. The lowest BCUT2D eigenvalue weighted by molar-refractivity contribution is 0.0761. The van der Waals surface area contributed by atoms with E-state index < -0.39 is 10.8 Å². The van der Waals surface area contributed by atoms with E-state index in [4.69, 9.17) is 0 Å². The van der Waals surface area contributed by atoms with E-state index >= 15 is 0 Å². The summed E-state index contributed by atoms with van der Waals surface area (Å²) < 4.78 is 13.7. The van der Waals surface area contributed by atoms with E-state index in [0.29, 0.717) is 33.2 Å². The van der Waals surface area contributed by atoms with Crippen LogP contribution in [0.2, 0.25) is 0 Å². The highest BCUT2D eigenvalue weighted by atomic mass is 32.2. The van der Waals surface area contributed by atoms with Gasteiger partial charge in [-0.3, -0.25) is 9.59 Å². The van der Waals surface area contributed by atoms with Gasteiger partial charge in [0.1, 0.15) is 0 Å². The number of carbonyl (C=O) groups excluding carboxylic acids is 2. The lowest BCUT2D eigenvalue weighted by atomic mass is 10.0. The summed E-state index contributed by atoms with van der Waals surface area (Å²) in [7, 11) is -1.53. The van der Waals surface area contributed by atoms with Crippen molar-refractivity contribution < 1.29 is 13.8 Å².